The lowest BCUT2D eigenvalue weighted by Crippen LogP contribution is -2.26. The maximum atomic E-state index is 11.7. The third kappa shape index (κ3) is 4.81. The van der Waals surface area contributed by atoms with Crippen molar-refractivity contribution in [1.82, 2.24) is 10.6 Å². The lowest BCUT2D eigenvalue weighted by atomic mass is 9.89. The molecule has 6 heteroatoms. The van der Waals surface area contributed by atoms with E-state index in [1.807, 2.05) is 6.08 Å². The molecule has 2 N–H and O–H groups in total. The van der Waals surface area contributed by atoms with E-state index in [-0.39, 0.29) is 16.4 Å². The molecule has 2 aliphatic heterocycles. The summed E-state index contributed by atoms with van der Waals surface area (Å²) in [5.41, 5.74) is 2.52. The van der Waals surface area contributed by atoms with Gasteiger partial charge in [0.15, 0.2) is 0 Å². The Bertz CT molecular complexity index is 693. The predicted molar refractivity (Wildman–Crippen MR) is 104 cm³/mol. The van der Waals surface area contributed by atoms with E-state index in [2.05, 4.69) is 48.9 Å². The van der Waals surface area contributed by atoms with Crippen molar-refractivity contribution < 1.29 is 14.3 Å². The van der Waals surface area contributed by atoms with E-state index >= 15 is 0 Å². The summed E-state index contributed by atoms with van der Waals surface area (Å²) in [4.78, 5) is 23.0. The van der Waals surface area contributed by atoms with Crippen LogP contribution in [-0.4, -0.2) is 29.0 Å². The SMILES string of the molecule is CCC1=CNC(CCOC2=CC=C(CC3SC(=O)NC3=O)C(C)C2)C=C1. The van der Waals surface area contributed by atoms with Gasteiger partial charge in [0, 0.05) is 25.1 Å². The number of hydrogen-bond acceptors (Lipinski definition) is 5. The van der Waals surface area contributed by atoms with Crippen LogP contribution in [-0.2, 0) is 9.53 Å². The van der Waals surface area contributed by atoms with Crippen LogP contribution in [0.5, 0.6) is 0 Å². The molecule has 5 nitrogen and oxygen atoms in total. The van der Waals surface area contributed by atoms with Crippen LogP contribution < -0.4 is 10.6 Å². The molecule has 0 radical (unpaired) electrons. The van der Waals surface area contributed by atoms with E-state index in [1.165, 1.54) is 11.1 Å². The normalized spacial score (nSPS) is 28.1. The number of thioether (sulfide) groups is 1. The number of ether oxygens (including phenoxy) is 1. The average molecular weight is 375 g/mol. The Balaban J connectivity index is 1.45. The summed E-state index contributed by atoms with van der Waals surface area (Å²) in [5, 5.41) is 5.21. The zero-order chi connectivity index (χ0) is 18.5. The summed E-state index contributed by atoms with van der Waals surface area (Å²) in [6.45, 7) is 4.97. The molecule has 0 aromatic heterocycles. The molecule has 2 heterocycles. The molecule has 0 bridgehead atoms. The van der Waals surface area contributed by atoms with Crippen LogP contribution in [0, 0.1) is 5.92 Å². The maximum Gasteiger partial charge on any atom is 0.286 e. The lowest BCUT2D eigenvalue weighted by Gasteiger charge is -2.24. The highest BCUT2D eigenvalue weighted by atomic mass is 32.2. The minimum atomic E-state index is -0.294. The number of allylic oxidation sites excluding steroid dienone is 6. The van der Waals surface area contributed by atoms with Crippen molar-refractivity contribution in [3.63, 3.8) is 0 Å². The van der Waals surface area contributed by atoms with Gasteiger partial charge in [0.2, 0.25) is 5.91 Å². The van der Waals surface area contributed by atoms with E-state index in [9.17, 15) is 9.59 Å². The minimum absolute atomic E-state index is 0.174. The summed E-state index contributed by atoms with van der Waals surface area (Å²) in [6.07, 6.45) is 14.0. The molecule has 2 amide bonds. The van der Waals surface area contributed by atoms with Crippen molar-refractivity contribution >= 4 is 22.9 Å². The van der Waals surface area contributed by atoms with Gasteiger partial charge in [0.25, 0.3) is 5.24 Å². The van der Waals surface area contributed by atoms with Gasteiger partial charge in [-0.1, -0.05) is 49.4 Å². The zero-order valence-corrected chi connectivity index (χ0v) is 16.1. The number of hydrogen-bond donors (Lipinski definition) is 2. The number of imide groups is 1. The highest BCUT2D eigenvalue weighted by Crippen LogP contribution is 2.33. The minimum Gasteiger partial charge on any atom is -0.498 e. The highest BCUT2D eigenvalue weighted by molar-refractivity contribution is 8.15. The Hall–Kier alpha value is -1.95. The van der Waals surface area contributed by atoms with Gasteiger partial charge in [-0.25, -0.2) is 0 Å². The van der Waals surface area contributed by atoms with Gasteiger partial charge in [0.1, 0.15) is 0 Å². The molecular weight excluding hydrogens is 348 g/mol. The Morgan fingerprint density at radius 2 is 2.15 bits per heavy atom. The molecule has 1 aliphatic carbocycles. The number of rotatable bonds is 7. The molecule has 3 rings (SSSR count). The fourth-order valence-corrected chi connectivity index (χ4v) is 4.12. The van der Waals surface area contributed by atoms with Crippen molar-refractivity contribution in [2.45, 2.75) is 50.8 Å². The van der Waals surface area contributed by atoms with E-state index in [0.717, 1.165) is 36.8 Å². The standard InChI is InChI=1S/C20H26N2O3S/c1-3-14-4-6-16(21-12-14)8-9-25-17-7-5-15(13(2)10-17)11-18-19(23)22-20(24)26-18/h4-7,12-13,16,18,21H,3,8-11H2,1-2H3,(H,22,23,24). The first kappa shape index (κ1) is 18.8. The second-order valence-electron chi connectivity index (χ2n) is 6.91. The van der Waals surface area contributed by atoms with Gasteiger partial charge in [-0.15, -0.1) is 0 Å². The third-order valence-corrected chi connectivity index (χ3v) is 5.94. The Morgan fingerprint density at radius 3 is 2.77 bits per heavy atom. The van der Waals surface area contributed by atoms with Gasteiger partial charge in [-0.3, -0.25) is 14.9 Å². The summed E-state index contributed by atoms with van der Waals surface area (Å²) in [7, 11) is 0. The molecule has 0 spiro atoms. The molecule has 1 fully saturated rings. The van der Waals surface area contributed by atoms with Crippen LogP contribution in [0.1, 0.15) is 39.5 Å². The number of dihydropyridines is 1. The number of nitrogens with one attached hydrogen (secondary N) is 2. The fourth-order valence-electron chi connectivity index (χ4n) is 3.26. The molecule has 1 saturated heterocycles. The van der Waals surface area contributed by atoms with Crippen molar-refractivity contribution in [1.29, 1.82) is 0 Å². The molecule has 0 saturated carbocycles. The topological polar surface area (TPSA) is 67.4 Å². The number of amides is 2. The van der Waals surface area contributed by atoms with E-state index in [4.69, 9.17) is 4.74 Å². The second kappa shape index (κ2) is 8.62. The Morgan fingerprint density at radius 1 is 1.31 bits per heavy atom. The van der Waals surface area contributed by atoms with Crippen LogP contribution in [0.15, 0.2) is 47.4 Å². The lowest BCUT2D eigenvalue weighted by molar-refractivity contribution is -0.118. The summed E-state index contributed by atoms with van der Waals surface area (Å²) in [6, 6.07) is 0.327. The molecule has 140 valence electrons. The van der Waals surface area contributed by atoms with Crippen molar-refractivity contribution in [3.8, 4) is 0 Å². The van der Waals surface area contributed by atoms with Crippen molar-refractivity contribution in [2.24, 2.45) is 5.92 Å². The van der Waals surface area contributed by atoms with Gasteiger partial charge in [0.05, 0.1) is 17.6 Å². The largest absolute Gasteiger partial charge is 0.498 e. The van der Waals surface area contributed by atoms with Crippen molar-refractivity contribution in [2.75, 3.05) is 6.61 Å². The van der Waals surface area contributed by atoms with Crippen LogP contribution in [0.4, 0.5) is 4.79 Å². The molecular formula is C20H26N2O3S. The molecule has 3 unspecified atom stereocenters. The molecule has 3 aliphatic rings. The average Bonchev–Trinajstić information content (AvgIpc) is 2.95. The van der Waals surface area contributed by atoms with Gasteiger partial charge < -0.3 is 10.1 Å². The first-order valence-electron chi connectivity index (χ1n) is 9.22. The molecule has 0 aromatic carbocycles. The van der Waals surface area contributed by atoms with Gasteiger partial charge in [-0.2, -0.15) is 0 Å². The Labute approximate surface area is 159 Å². The third-order valence-electron chi connectivity index (χ3n) is 4.96. The first-order chi connectivity index (χ1) is 12.5. The van der Waals surface area contributed by atoms with E-state index in [1.54, 1.807) is 0 Å². The quantitative estimate of drug-likeness (QED) is 0.709. The second-order valence-corrected chi connectivity index (χ2v) is 8.08. The summed E-state index contributed by atoms with van der Waals surface area (Å²) < 4.78 is 5.95. The maximum absolute atomic E-state index is 11.7. The molecule has 0 aromatic rings. The number of carbonyl (C=O) groups is 2. The fraction of sp³-hybridized carbons (Fsp3) is 0.500. The monoisotopic (exact) mass is 374 g/mol. The first-order valence-corrected chi connectivity index (χ1v) is 10.1. The van der Waals surface area contributed by atoms with Gasteiger partial charge >= 0.3 is 0 Å². The predicted octanol–water partition coefficient (Wildman–Crippen LogP) is 3.81. The van der Waals surface area contributed by atoms with Crippen LogP contribution >= 0.6 is 11.8 Å². The molecule has 3 atom stereocenters. The van der Waals surface area contributed by atoms with Crippen LogP contribution in [0.2, 0.25) is 0 Å². The van der Waals surface area contributed by atoms with Gasteiger partial charge in [-0.05, 0) is 30.4 Å². The van der Waals surface area contributed by atoms with Crippen molar-refractivity contribution in [3.05, 3.63) is 47.4 Å². The smallest absolute Gasteiger partial charge is 0.286 e. The summed E-state index contributed by atoms with van der Waals surface area (Å²) in [5.74, 6) is 1.14. The van der Waals surface area contributed by atoms with Crippen LogP contribution in [0.3, 0.4) is 0 Å². The summed E-state index contributed by atoms with van der Waals surface area (Å²) >= 11 is 1.09. The Kier molecular flexibility index (Phi) is 6.25. The highest BCUT2D eigenvalue weighted by Gasteiger charge is 2.33. The van der Waals surface area contributed by atoms with E-state index in [0.29, 0.717) is 25.0 Å². The van der Waals surface area contributed by atoms with E-state index < -0.39 is 0 Å². The molecule has 26 heavy (non-hydrogen) atoms. The zero-order valence-electron chi connectivity index (χ0n) is 15.3. The number of carbonyl (C=O) groups excluding carboxylic acids is 2. The van der Waals surface area contributed by atoms with Crippen LogP contribution in [0.25, 0.3) is 0 Å².